The summed E-state index contributed by atoms with van der Waals surface area (Å²) in [5.41, 5.74) is 2.16. The van der Waals surface area contributed by atoms with E-state index in [0.29, 0.717) is 39.8 Å². The molecule has 0 bridgehead atoms. The lowest BCUT2D eigenvalue weighted by atomic mass is 10.1. The summed E-state index contributed by atoms with van der Waals surface area (Å²) in [6.07, 6.45) is 1.45. The monoisotopic (exact) mass is 457 g/mol. The largest absolute Gasteiger partial charge is 0.493 e. The standard InChI is InChI=1S/C22H23N3O6S/c1-14(24-25-32(27,28)18-9-10-20(29-3)21(13-18)30-4)16-5-7-17(8-6-16)23-22(26)19-11-12-31-15(19)2/h5-13,25H,1-4H3,(H,23,26)/b24-14+. The fourth-order valence-corrected chi connectivity index (χ4v) is 3.72. The number of aryl methyl sites for hydroxylation is 1. The van der Waals surface area contributed by atoms with Gasteiger partial charge in [-0.05, 0) is 49.7 Å². The van der Waals surface area contributed by atoms with Gasteiger partial charge in [0.05, 0.1) is 36.7 Å². The Kier molecular flexibility index (Phi) is 6.84. The zero-order chi connectivity index (χ0) is 23.3. The predicted octanol–water partition coefficient (Wildman–Crippen LogP) is 3.56. The number of rotatable bonds is 8. The maximum atomic E-state index is 12.6. The van der Waals surface area contributed by atoms with Gasteiger partial charge in [0.15, 0.2) is 11.5 Å². The Bertz CT molecular complexity index is 1250. The van der Waals surface area contributed by atoms with Crippen molar-refractivity contribution in [3.8, 4) is 11.5 Å². The van der Waals surface area contributed by atoms with Gasteiger partial charge in [0.25, 0.3) is 15.9 Å². The number of hydrogen-bond donors (Lipinski definition) is 2. The van der Waals surface area contributed by atoms with E-state index in [1.54, 1.807) is 44.2 Å². The molecule has 9 nitrogen and oxygen atoms in total. The zero-order valence-electron chi connectivity index (χ0n) is 18.0. The summed E-state index contributed by atoms with van der Waals surface area (Å²) in [7, 11) is -1.02. The van der Waals surface area contributed by atoms with Crippen LogP contribution in [0.25, 0.3) is 0 Å². The number of benzene rings is 2. The van der Waals surface area contributed by atoms with Crippen LogP contribution >= 0.6 is 0 Å². The summed E-state index contributed by atoms with van der Waals surface area (Å²) >= 11 is 0. The minimum atomic E-state index is -3.91. The number of amides is 1. The number of anilines is 1. The molecule has 0 saturated carbocycles. The molecule has 1 amide bonds. The molecule has 0 fully saturated rings. The molecule has 3 aromatic rings. The molecule has 1 heterocycles. The topological polar surface area (TPSA) is 119 Å². The number of nitrogens with zero attached hydrogens (tertiary/aromatic N) is 1. The second-order valence-electron chi connectivity index (χ2n) is 6.73. The van der Waals surface area contributed by atoms with E-state index in [0.717, 1.165) is 0 Å². The Morgan fingerprint density at radius 1 is 1.00 bits per heavy atom. The summed E-state index contributed by atoms with van der Waals surface area (Å²) < 4.78 is 40.6. The van der Waals surface area contributed by atoms with Crippen molar-refractivity contribution in [3.05, 3.63) is 71.7 Å². The molecule has 10 heteroatoms. The molecule has 1 aromatic heterocycles. The lowest BCUT2D eigenvalue weighted by Crippen LogP contribution is -2.20. The Labute approximate surface area is 186 Å². The van der Waals surface area contributed by atoms with Crippen molar-refractivity contribution < 1.29 is 27.1 Å². The first-order valence-electron chi connectivity index (χ1n) is 9.49. The minimum absolute atomic E-state index is 0.0145. The van der Waals surface area contributed by atoms with Crippen LogP contribution in [0.2, 0.25) is 0 Å². The minimum Gasteiger partial charge on any atom is -0.493 e. The molecule has 0 unspecified atom stereocenters. The third-order valence-electron chi connectivity index (χ3n) is 4.66. The number of carbonyl (C=O) groups excluding carboxylic acids is 1. The third kappa shape index (κ3) is 5.09. The molecule has 0 aliphatic carbocycles. The Hall–Kier alpha value is -3.79. The highest BCUT2D eigenvalue weighted by atomic mass is 32.2. The van der Waals surface area contributed by atoms with Crippen molar-refractivity contribution >= 4 is 27.3 Å². The molecule has 0 saturated heterocycles. The Morgan fingerprint density at radius 3 is 2.28 bits per heavy atom. The van der Waals surface area contributed by atoms with Gasteiger partial charge in [-0.15, -0.1) is 0 Å². The third-order valence-corrected chi connectivity index (χ3v) is 5.87. The molecule has 0 radical (unpaired) electrons. The number of ether oxygens (including phenoxy) is 2. The Morgan fingerprint density at radius 2 is 1.69 bits per heavy atom. The normalized spacial score (nSPS) is 11.7. The van der Waals surface area contributed by atoms with Crippen molar-refractivity contribution in [3.63, 3.8) is 0 Å². The fourth-order valence-electron chi connectivity index (χ4n) is 2.84. The molecule has 0 aliphatic rings. The second kappa shape index (κ2) is 9.56. The van der Waals surface area contributed by atoms with E-state index in [1.807, 2.05) is 0 Å². The summed E-state index contributed by atoms with van der Waals surface area (Å²) in [6, 6.07) is 12.7. The SMILES string of the molecule is COc1ccc(S(=O)(=O)N/N=C(\C)c2ccc(NC(=O)c3ccoc3C)cc2)cc1OC. The van der Waals surface area contributed by atoms with E-state index in [-0.39, 0.29) is 10.8 Å². The Balaban J connectivity index is 1.70. The van der Waals surface area contributed by atoms with Gasteiger partial charge < -0.3 is 19.2 Å². The van der Waals surface area contributed by atoms with E-state index in [4.69, 9.17) is 13.9 Å². The van der Waals surface area contributed by atoms with Gasteiger partial charge in [0.1, 0.15) is 5.76 Å². The van der Waals surface area contributed by atoms with Gasteiger partial charge in [-0.2, -0.15) is 18.4 Å². The zero-order valence-corrected chi connectivity index (χ0v) is 18.8. The number of furan rings is 1. The van der Waals surface area contributed by atoms with Gasteiger partial charge in [-0.1, -0.05) is 12.1 Å². The van der Waals surface area contributed by atoms with Crippen LogP contribution in [-0.4, -0.2) is 34.3 Å². The van der Waals surface area contributed by atoms with E-state index in [2.05, 4.69) is 15.2 Å². The summed E-state index contributed by atoms with van der Waals surface area (Å²) in [4.78, 5) is 14.5. The first-order valence-corrected chi connectivity index (χ1v) is 11.0. The van der Waals surface area contributed by atoms with Crippen LogP contribution < -0.4 is 19.6 Å². The molecule has 32 heavy (non-hydrogen) atoms. The molecule has 0 spiro atoms. The van der Waals surface area contributed by atoms with E-state index in [1.165, 1.54) is 38.7 Å². The molecule has 2 aromatic carbocycles. The number of methoxy groups -OCH3 is 2. The maximum Gasteiger partial charge on any atom is 0.276 e. The van der Waals surface area contributed by atoms with E-state index < -0.39 is 10.0 Å². The van der Waals surface area contributed by atoms with E-state index in [9.17, 15) is 13.2 Å². The van der Waals surface area contributed by atoms with Crippen LogP contribution in [0.15, 0.2) is 69.2 Å². The molecule has 168 valence electrons. The summed E-state index contributed by atoms with van der Waals surface area (Å²) in [5, 5.41) is 6.77. The molecule has 0 atom stereocenters. The maximum absolute atomic E-state index is 12.6. The van der Waals surface area contributed by atoms with Gasteiger partial charge in [-0.3, -0.25) is 4.79 Å². The van der Waals surface area contributed by atoms with Crippen molar-refractivity contribution in [2.45, 2.75) is 18.7 Å². The van der Waals surface area contributed by atoms with Gasteiger partial charge in [0.2, 0.25) is 0 Å². The fraction of sp³-hybridized carbons (Fsp3) is 0.182. The number of carbonyl (C=O) groups is 1. The molecule has 3 rings (SSSR count). The van der Waals surface area contributed by atoms with Crippen molar-refractivity contribution in [2.24, 2.45) is 5.10 Å². The van der Waals surface area contributed by atoms with Crippen LogP contribution in [0.1, 0.15) is 28.6 Å². The van der Waals surface area contributed by atoms with E-state index >= 15 is 0 Å². The number of sulfonamides is 1. The quantitative estimate of drug-likeness (QED) is 0.394. The number of hydrogen-bond acceptors (Lipinski definition) is 7. The number of hydrazone groups is 1. The average molecular weight is 458 g/mol. The second-order valence-corrected chi connectivity index (χ2v) is 8.39. The molecule has 0 aliphatic heterocycles. The number of nitrogens with one attached hydrogen (secondary N) is 2. The van der Waals surface area contributed by atoms with Crippen LogP contribution in [0.5, 0.6) is 11.5 Å². The lowest BCUT2D eigenvalue weighted by Gasteiger charge is -2.10. The van der Waals surface area contributed by atoms with Gasteiger partial charge in [-0.25, -0.2) is 0 Å². The van der Waals surface area contributed by atoms with Gasteiger partial charge in [0, 0.05) is 11.8 Å². The molecular formula is C22H23N3O6S. The predicted molar refractivity (Wildman–Crippen MR) is 120 cm³/mol. The highest BCUT2D eigenvalue weighted by Gasteiger charge is 2.17. The summed E-state index contributed by atoms with van der Waals surface area (Å²) in [6.45, 7) is 3.38. The smallest absolute Gasteiger partial charge is 0.276 e. The lowest BCUT2D eigenvalue weighted by molar-refractivity contribution is 0.102. The first kappa shape index (κ1) is 22.9. The average Bonchev–Trinajstić information content (AvgIpc) is 3.23. The first-order chi connectivity index (χ1) is 15.2. The van der Waals surface area contributed by atoms with Crippen molar-refractivity contribution in [1.82, 2.24) is 4.83 Å². The highest BCUT2D eigenvalue weighted by molar-refractivity contribution is 7.89. The van der Waals surface area contributed by atoms with Crippen molar-refractivity contribution in [2.75, 3.05) is 19.5 Å². The van der Waals surface area contributed by atoms with Crippen LogP contribution in [0, 0.1) is 6.92 Å². The van der Waals surface area contributed by atoms with Crippen molar-refractivity contribution in [1.29, 1.82) is 0 Å². The molecular weight excluding hydrogens is 434 g/mol. The van der Waals surface area contributed by atoms with Crippen LogP contribution in [0.4, 0.5) is 5.69 Å². The highest BCUT2D eigenvalue weighted by Crippen LogP contribution is 2.29. The molecule has 2 N–H and O–H groups in total. The summed E-state index contributed by atoms with van der Waals surface area (Å²) in [5.74, 6) is 0.960. The van der Waals surface area contributed by atoms with Crippen LogP contribution in [0.3, 0.4) is 0 Å². The van der Waals surface area contributed by atoms with Crippen LogP contribution in [-0.2, 0) is 10.0 Å². The van der Waals surface area contributed by atoms with Gasteiger partial charge >= 0.3 is 0 Å².